The number of benzene rings is 1. The third-order valence-corrected chi connectivity index (χ3v) is 6.76. The van der Waals surface area contributed by atoms with Crippen LogP contribution in [0.2, 0.25) is 0 Å². The van der Waals surface area contributed by atoms with E-state index < -0.39 is 10.0 Å². The summed E-state index contributed by atoms with van der Waals surface area (Å²) in [7, 11) is -3.10. The van der Waals surface area contributed by atoms with Gasteiger partial charge >= 0.3 is 0 Å². The molecule has 2 bridgehead atoms. The maximum atomic E-state index is 11.9. The van der Waals surface area contributed by atoms with Crippen molar-refractivity contribution in [2.75, 3.05) is 25.9 Å². The van der Waals surface area contributed by atoms with E-state index >= 15 is 0 Å². The highest BCUT2D eigenvalue weighted by Gasteiger charge is 2.37. The molecule has 0 radical (unpaired) electrons. The van der Waals surface area contributed by atoms with Crippen molar-refractivity contribution in [1.29, 1.82) is 0 Å². The lowest BCUT2D eigenvalue weighted by Gasteiger charge is -2.36. The van der Waals surface area contributed by atoms with E-state index in [0.29, 0.717) is 25.0 Å². The molecule has 5 rings (SSSR count). The van der Waals surface area contributed by atoms with E-state index in [-0.39, 0.29) is 0 Å². The van der Waals surface area contributed by atoms with Crippen LogP contribution < -0.4 is 0 Å². The SMILES string of the molecule is CS(=O)(=O)N1C[C@@H]2CC[C@H](C1)N(Cc1ccc3nsnc3c1)C2. The van der Waals surface area contributed by atoms with E-state index in [4.69, 9.17) is 0 Å². The molecule has 2 aromatic rings. The van der Waals surface area contributed by atoms with E-state index in [9.17, 15) is 8.42 Å². The average molecular weight is 352 g/mol. The topological polar surface area (TPSA) is 66.4 Å². The third kappa shape index (κ3) is 3.13. The molecular weight excluding hydrogens is 332 g/mol. The van der Waals surface area contributed by atoms with Gasteiger partial charge in [0.05, 0.1) is 18.0 Å². The fraction of sp³-hybridized carbons (Fsp3) is 0.600. The molecule has 23 heavy (non-hydrogen) atoms. The molecule has 3 saturated heterocycles. The van der Waals surface area contributed by atoms with Gasteiger partial charge in [0.25, 0.3) is 0 Å². The number of hydrogen-bond donors (Lipinski definition) is 0. The van der Waals surface area contributed by atoms with Crippen molar-refractivity contribution in [3.8, 4) is 0 Å². The van der Waals surface area contributed by atoms with Crippen molar-refractivity contribution < 1.29 is 8.42 Å². The fourth-order valence-corrected chi connectivity index (χ4v) is 5.20. The Kier molecular flexibility index (Phi) is 3.87. The highest BCUT2D eigenvalue weighted by Crippen LogP contribution is 2.30. The maximum Gasteiger partial charge on any atom is 0.211 e. The lowest BCUT2D eigenvalue weighted by atomic mass is 9.94. The lowest BCUT2D eigenvalue weighted by Crippen LogP contribution is -2.43. The second-order valence-electron chi connectivity index (χ2n) is 6.69. The normalized spacial score (nSPS) is 26.7. The molecule has 6 nitrogen and oxygen atoms in total. The number of rotatable bonds is 3. The van der Waals surface area contributed by atoms with Gasteiger partial charge < -0.3 is 0 Å². The van der Waals surface area contributed by atoms with Gasteiger partial charge in [-0.25, -0.2) is 12.7 Å². The molecule has 0 amide bonds. The highest BCUT2D eigenvalue weighted by atomic mass is 32.2. The molecule has 3 fully saturated rings. The van der Waals surface area contributed by atoms with Gasteiger partial charge in [-0.15, -0.1) is 0 Å². The van der Waals surface area contributed by atoms with Crippen LogP contribution in [0.5, 0.6) is 0 Å². The average Bonchev–Trinajstić information content (AvgIpc) is 2.75. The summed E-state index contributed by atoms with van der Waals surface area (Å²) in [5.74, 6) is 0.438. The van der Waals surface area contributed by atoms with Crippen LogP contribution in [-0.4, -0.2) is 58.3 Å². The van der Waals surface area contributed by atoms with Crippen molar-refractivity contribution in [2.45, 2.75) is 25.4 Å². The van der Waals surface area contributed by atoms with Gasteiger partial charge in [0.2, 0.25) is 10.0 Å². The number of nitrogens with zero attached hydrogens (tertiary/aromatic N) is 4. The Bertz CT molecular complexity index is 820. The zero-order chi connectivity index (χ0) is 16.0. The first-order chi connectivity index (χ1) is 11.0. The number of hydrogen-bond acceptors (Lipinski definition) is 6. The summed E-state index contributed by atoms with van der Waals surface area (Å²) >= 11 is 1.24. The molecule has 0 spiro atoms. The van der Waals surface area contributed by atoms with Crippen molar-refractivity contribution in [3.05, 3.63) is 23.8 Å². The zero-order valence-electron chi connectivity index (χ0n) is 13.1. The molecule has 0 unspecified atom stereocenters. The van der Waals surface area contributed by atoms with Gasteiger partial charge in [-0.05, 0) is 36.5 Å². The van der Waals surface area contributed by atoms with Crippen molar-refractivity contribution in [2.24, 2.45) is 5.92 Å². The van der Waals surface area contributed by atoms with Crippen molar-refractivity contribution >= 4 is 32.8 Å². The predicted octanol–water partition coefficient (Wildman–Crippen LogP) is 1.55. The first-order valence-corrected chi connectivity index (χ1v) is 10.5. The maximum absolute atomic E-state index is 11.9. The smallest absolute Gasteiger partial charge is 0.211 e. The monoisotopic (exact) mass is 352 g/mol. The lowest BCUT2D eigenvalue weighted by molar-refractivity contribution is 0.125. The van der Waals surface area contributed by atoms with Crippen molar-refractivity contribution in [3.63, 3.8) is 0 Å². The minimum Gasteiger partial charge on any atom is -0.294 e. The molecular formula is C15H20N4O2S2. The summed E-state index contributed by atoms with van der Waals surface area (Å²) in [6.07, 6.45) is 3.53. The molecule has 2 atom stereocenters. The Labute approximate surface area is 140 Å². The van der Waals surface area contributed by atoms with E-state index in [1.54, 1.807) is 4.31 Å². The van der Waals surface area contributed by atoms with Gasteiger partial charge in [-0.2, -0.15) is 8.75 Å². The van der Waals surface area contributed by atoms with E-state index in [1.807, 2.05) is 6.07 Å². The Balaban J connectivity index is 1.55. The summed E-state index contributed by atoms with van der Waals surface area (Å²) in [6.45, 7) is 3.12. The third-order valence-electron chi connectivity index (χ3n) is 4.97. The number of aromatic nitrogens is 2. The summed E-state index contributed by atoms with van der Waals surface area (Å²) < 4.78 is 34.1. The van der Waals surface area contributed by atoms with Gasteiger partial charge in [0.1, 0.15) is 11.0 Å². The van der Waals surface area contributed by atoms with Crippen LogP contribution in [0.1, 0.15) is 18.4 Å². The molecule has 3 aliphatic rings. The largest absolute Gasteiger partial charge is 0.294 e. The van der Waals surface area contributed by atoms with Gasteiger partial charge in [-0.1, -0.05) is 6.07 Å². The molecule has 1 aromatic carbocycles. The molecule has 1 aromatic heterocycles. The molecule has 0 N–H and O–H groups in total. The summed E-state index contributed by atoms with van der Waals surface area (Å²) in [5, 5.41) is 0. The Hall–Kier alpha value is -1.09. The summed E-state index contributed by atoms with van der Waals surface area (Å²) in [5.41, 5.74) is 3.12. The predicted molar refractivity (Wildman–Crippen MR) is 90.8 cm³/mol. The first kappa shape index (κ1) is 15.4. The fourth-order valence-electron chi connectivity index (χ4n) is 3.76. The number of piperidine rings is 1. The van der Waals surface area contributed by atoms with Crippen LogP contribution in [0, 0.1) is 5.92 Å². The van der Waals surface area contributed by atoms with Crippen molar-refractivity contribution in [1.82, 2.24) is 18.0 Å². The highest BCUT2D eigenvalue weighted by molar-refractivity contribution is 7.88. The Morgan fingerprint density at radius 3 is 2.83 bits per heavy atom. The number of fused-ring (bicyclic) bond motifs is 5. The molecule has 124 valence electrons. The molecule has 3 aliphatic heterocycles. The van der Waals surface area contributed by atoms with Crippen LogP contribution in [0.15, 0.2) is 18.2 Å². The first-order valence-electron chi connectivity index (χ1n) is 7.89. The second-order valence-corrected chi connectivity index (χ2v) is 9.20. The van der Waals surface area contributed by atoms with E-state index in [1.165, 1.54) is 23.5 Å². The molecule has 4 heterocycles. The Morgan fingerprint density at radius 1 is 1.17 bits per heavy atom. The van der Waals surface area contributed by atoms with Crippen LogP contribution in [0.4, 0.5) is 0 Å². The zero-order valence-corrected chi connectivity index (χ0v) is 14.7. The summed E-state index contributed by atoms with van der Waals surface area (Å²) in [4.78, 5) is 2.44. The van der Waals surface area contributed by atoms with E-state index in [2.05, 4.69) is 25.8 Å². The molecule has 0 aliphatic carbocycles. The Morgan fingerprint density at radius 2 is 2.00 bits per heavy atom. The van der Waals surface area contributed by atoms with E-state index in [0.717, 1.165) is 37.0 Å². The van der Waals surface area contributed by atoms with Gasteiger partial charge in [-0.3, -0.25) is 4.90 Å². The minimum atomic E-state index is -3.10. The summed E-state index contributed by atoms with van der Waals surface area (Å²) in [6, 6.07) is 6.54. The minimum absolute atomic E-state index is 0.313. The van der Waals surface area contributed by atoms with Crippen LogP contribution in [-0.2, 0) is 16.6 Å². The van der Waals surface area contributed by atoms with Crippen LogP contribution in [0.25, 0.3) is 11.0 Å². The van der Waals surface area contributed by atoms with Gasteiger partial charge in [0, 0.05) is 32.2 Å². The standard InChI is InChI=1S/C15H20N4O2S2/c1-23(20,21)19-9-12-2-4-13(10-19)18(8-12)7-11-3-5-14-15(6-11)17-22-16-14/h3,5-6,12-13H,2,4,7-10H2,1H3/t12-,13-/m1/s1. The molecule has 0 saturated carbocycles. The van der Waals surface area contributed by atoms with Crippen LogP contribution in [0.3, 0.4) is 0 Å². The van der Waals surface area contributed by atoms with Gasteiger partial charge in [0.15, 0.2) is 0 Å². The van der Waals surface area contributed by atoms with Crippen LogP contribution >= 0.6 is 11.7 Å². The number of sulfonamides is 1. The quantitative estimate of drug-likeness (QED) is 0.838. The molecule has 8 heteroatoms. The second kappa shape index (κ2) is 5.77.